The number of imidazole rings is 1. The highest BCUT2D eigenvalue weighted by Gasteiger charge is 2.41. The first kappa shape index (κ1) is 32.2. The summed E-state index contributed by atoms with van der Waals surface area (Å²) in [5.74, 6) is -0.201. The van der Waals surface area contributed by atoms with Crippen LogP contribution in [0, 0.1) is 0 Å². The summed E-state index contributed by atoms with van der Waals surface area (Å²) in [6.45, 7) is 6.57. The normalized spacial score (nSPS) is 22.5. The molecule has 1 N–H and O–H groups in total. The molecule has 2 saturated carbocycles. The average molecular weight is 648 g/mol. The maximum absolute atomic E-state index is 14.6. The number of nitrogens with one attached hydrogen (secondary N) is 1. The summed E-state index contributed by atoms with van der Waals surface area (Å²) in [7, 11) is -3.39. The summed E-state index contributed by atoms with van der Waals surface area (Å²) < 4.78 is 36.8. The Morgan fingerprint density at radius 2 is 1.61 bits per heavy atom. The number of hydrogen-bond acceptors (Lipinski definition) is 6. The standard InChI is InChI=1S/C35H45N5O5S/c1-35(2,3)45-34(42)38-20-21-39(27(23-38)22-25-12-6-4-7-13-25)33(41)31-32(26-14-8-5-9-15-26)40(24-36-31)30-17-11-10-16-29(30)37-46(43,44)28-18-19-28/h4-9,12-15,24,27-30,37H,10-11,16-23H2,1-3H3/t27-,29-,30+/m1/s1. The van der Waals surface area contributed by atoms with Crippen molar-refractivity contribution in [1.29, 1.82) is 0 Å². The Bertz CT molecular complexity index is 1630. The lowest BCUT2D eigenvalue weighted by Crippen LogP contribution is -2.58. The quantitative estimate of drug-likeness (QED) is 0.350. The van der Waals surface area contributed by atoms with Crippen molar-refractivity contribution in [1.82, 2.24) is 24.1 Å². The van der Waals surface area contributed by atoms with Gasteiger partial charge in [-0.15, -0.1) is 0 Å². The average Bonchev–Trinajstić information content (AvgIpc) is 3.81. The van der Waals surface area contributed by atoms with Crippen molar-refractivity contribution in [2.75, 3.05) is 19.6 Å². The molecule has 1 aliphatic heterocycles. The molecule has 0 spiro atoms. The van der Waals surface area contributed by atoms with Gasteiger partial charge in [-0.05, 0) is 58.4 Å². The fraction of sp³-hybridized carbons (Fsp3) is 0.514. The molecular formula is C35H45N5O5S. The maximum Gasteiger partial charge on any atom is 0.410 e. The van der Waals surface area contributed by atoms with Gasteiger partial charge in [-0.2, -0.15) is 0 Å². The van der Waals surface area contributed by atoms with E-state index in [2.05, 4.69) is 4.72 Å². The van der Waals surface area contributed by atoms with E-state index in [1.54, 1.807) is 11.2 Å². The van der Waals surface area contributed by atoms with Crippen molar-refractivity contribution < 1.29 is 22.7 Å². The number of sulfonamides is 1. The third-order valence-electron chi connectivity index (χ3n) is 9.12. The van der Waals surface area contributed by atoms with Gasteiger partial charge >= 0.3 is 6.09 Å². The van der Waals surface area contributed by atoms with E-state index in [-0.39, 0.29) is 35.4 Å². The van der Waals surface area contributed by atoms with Crippen molar-refractivity contribution >= 4 is 22.0 Å². The summed E-state index contributed by atoms with van der Waals surface area (Å²) in [4.78, 5) is 36.0. The Kier molecular flexibility index (Phi) is 9.25. The summed E-state index contributed by atoms with van der Waals surface area (Å²) in [6.07, 6.45) is 6.74. The van der Waals surface area contributed by atoms with Gasteiger partial charge in [-0.3, -0.25) is 4.79 Å². The first-order valence-corrected chi connectivity index (χ1v) is 18.0. The molecule has 2 aromatic carbocycles. The SMILES string of the molecule is CC(C)(C)OC(=O)N1CCN(C(=O)c2ncn([C@H]3CCCC[C@H]3NS(=O)(=O)C3CC3)c2-c2ccccc2)[C@H](Cc2ccccc2)C1. The molecule has 3 fully saturated rings. The van der Waals surface area contributed by atoms with Gasteiger partial charge in [0.1, 0.15) is 5.60 Å². The summed E-state index contributed by atoms with van der Waals surface area (Å²) >= 11 is 0. The van der Waals surface area contributed by atoms with Crippen molar-refractivity contribution in [3.63, 3.8) is 0 Å². The van der Waals surface area contributed by atoms with Crippen molar-refractivity contribution in [3.05, 3.63) is 78.2 Å². The number of hydrogen-bond donors (Lipinski definition) is 1. The van der Waals surface area contributed by atoms with E-state index in [4.69, 9.17) is 9.72 Å². The van der Waals surface area contributed by atoms with E-state index < -0.39 is 15.6 Å². The lowest BCUT2D eigenvalue weighted by Gasteiger charge is -2.41. The highest BCUT2D eigenvalue weighted by Crippen LogP contribution is 2.37. The van der Waals surface area contributed by atoms with Gasteiger partial charge in [0.25, 0.3) is 5.91 Å². The summed E-state index contributed by atoms with van der Waals surface area (Å²) in [6, 6.07) is 19.0. The molecule has 246 valence electrons. The Morgan fingerprint density at radius 3 is 2.28 bits per heavy atom. The molecule has 6 rings (SSSR count). The van der Waals surface area contributed by atoms with Crippen LogP contribution in [0.4, 0.5) is 4.79 Å². The second kappa shape index (κ2) is 13.2. The fourth-order valence-corrected chi connectivity index (χ4v) is 8.38. The minimum absolute atomic E-state index is 0.171. The van der Waals surface area contributed by atoms with Gasteiger partial charge < -0.3 is 19.1 Å². The van der Waals surface area contributed by atoms with Gasteiger partial charge in [0.2, 0.25) is 10.0 Å². The van der Waals surface area contributed by atoms with Gasteiger partial charge in [0.15, 0.2) is 5.69 Å². The molecule has 0 radical (unpaired) electrons. The Labute approximate surface area is 272 Å². The van der Waals surface area contributed by atoms with E-state index in [1.165, 1.54) is 0 Å². The zero-order chi connectivity index (χ0) is 32.5. The minimum Gasteiger partial charge on any atom is -0.444 e. The molecule has 11 heteroatoms. The number of carbonyl (C=O) groups excluding carboxylic acids is 2. The monoisotopic (exact) mass is 647 g/mol. The van der Waals surface area contributed by atoms with Crippen LogP contribution in [-0.4, -0.2) is 82.3 Å². The molecule has 1 saturated heterocycles. The largest absolute Gasteiger partial charge is 0.444 e. The van der Waals surface area contributed by atoms with Crippen LogP contribution in [-0.2, 0) is 21.2 Å². The van der Waals surface area contributed by atoms with E-state index >= 15 is 0 Å². The molecule has 3 aliphatic rings. The van der Waals surface area contributed by atoms with E-state index in [1.807, 2.05) is 90.9 Å². The first-order chi connectivity index (χ1) is 22.0. The van der Waals surface area contributed by atoms with Crippen LogP contribution < -0.4 is 4.72 Å². The second-order valence-corrected chi connectivity index (χ2v) is 15.8. The molecule has 2 heterocycles. The molecule has 2 amide bonds. The van der Waals surface area contributed by atoms with E-state index in [0.717, 1.165) is 36.8 Å². The highest BCUT2D eigenvalue weighted by atomic mass is 32.2. The van der Waals surface area contributed by atoms with Crippen molar-refractivity contribution in [3.8, 4) is 11.3 Å². The smallest absolute Gasteiger partial charge is 0.410 e. The third-order valence-corrected chi connectivity index (χ3v) is 11.1. The zero-order valence-electron chi connectivity index (χ0n) is 27.0. The maximum atomic E-state index is 14.6. The Hall–Kier alpha value is -3.70. The zero-order valence-corrected chi connectivity index (χ0v) is 27.8. The molecule has 3 aromatic rings. The Balaban J connectivity index is 1.34. The molecular weight excluding hydrogens is 602 g/mol. The van der Waals surface area contributed by atoms with Gasteiger partial charge in [0.05, 0.1) is 29.4 Å². The number of aromatic nitrogens is 2. The van der Waals surface area contributed by atoms with Gasteiger partial charge in [-0.25, -0.2) is 22.9 Å². The number of benzene rings is 2. The molecule has 46 heavy (non-hydrogen) atoms. The molecule has 2 aliphatic carbocycles. The lowest BCUT2D eigenvalue weighted by atomic mass is 9.90. The van der Waals surface area contributed by atoms with Crippen LogP contribution in [0.25, 0.3) is 11.3 Å². The summed E-state index contributed by atoms with van der Waals surface area (Å²) in [5.41, 5.74) is 2.33. The van der Waals surface area contributed by atoms with Crippen LogP contribution in [0.5, 0.6) is 0 Å². The number of piperazine rings is 1. The highest BCUT2D eigenvalue weighted by molar-refractivity contribution is 7.90. The van der Waals surface area contributed by atoms with Gasteiger partial charge in [0, 0.05) is 31.2 Å². The second-order valence-electron chi connectivity index (χ2n) is 13.8. The van der Waals surface area contributed by atoms with E-state index in [9.17, 15) is 18.0 Å². The van der Waals surface area contributed by atoms with Crippen LogP contribution in [0.2, 0.25) is 0 Å². The Morgan fingerprint density at radius 1 is 0.935 bits per heavy atom. The predicted molar refractivity (Wildman–Crippen MR) is 177 cm³/mol. The minimum atomic E-state index is -3.39. The molecule has 0 bridgehead atoms. The van der Waals surface area contributed by atoms with Crippen LogP contribution in [0.1, 0.15) is 81.4 Å². The third kappa shape index (κ3) is 7.31. The first-order valence-electron chi connectivity index (χ1n) is 16.5. The number of nitrogens with zero attached hydrogens (tertiary/aromatic N) is 4. The lowest BCUT2D eigenvalue weighted by molar-refractivity contribution is 0.00429. The van der Waals surface area contributed by atoms with Crippen LogP contribution in [0.3, 0.4) is 0 Å². The molecule has 3 atom stereocenters. The topological polar surface area (TPSA) is 114 Å². The van der Waals surface area contributed by atoms with Crippen LogP contribution >= 0.6 is 0 Å². The number of amides is 2. The number of ether oxygens (including phenoxy) is 1. The van der Waals surface area contributed by atoms with Crippen molar-refractivity contribution in [2.45, 2.75) is 94.7 Å². The number of carbonyl (C=O) groups is 2. The molecule has 1 aromatic heterocycles. The van der Waals surface area contributed by atoms with Gasteiger partial charge in [-0.1, -0.05) is 73.5 Å². The summed E-state index contributed by atoms with van der Waals surface area (Å²) in [5, 5.41) is -0.301. The van der Waals surface area contributed by atoms with Crippen molar-refractivity contribution in [2.24, 2.45) is 0 Å². The number of rotatable bonds is 8. The van der Waals surface area contributed by atoms with E-state index in [0.29, 0.717) is 50.3 Å². The fourth-order valence-electron chi connectivity index (χ4n) is 6.73. The van der Waals surface area contributed by atoms with Crippen LogP contribution in [0.15, 0.2) is 67.0 Å². The molecule has 10 nitrogen and oxygen atoms in total. The predicted octanol–water partition coefficient (Wildman–Crippen LogP) is 5.42. The molecule has 0 unspecified atom stereocenters.